The van der Waals surface area contributed by atoms with Crippen LogP contribution in [0.2, 0.25) is 0 Å². The minimum absolute atomic E-state index is 0.0107. The third-order valence-electron chi connectivity index (χ3n) is 4.36. The van der Waals surface area contributed by atoms with Gasteiger partial charge in [0.2, 0.25) is 5.91 Å². The van der Waals surface area contributed by atoms with Crippen molar-refractivity contribution in [2.75, 3.05) is 13.1 Å². The zero-order chi connectivity index (χ0) is 18.9. The number of benzene rings is 1. The van der Waals surface area contributed by atoms with Gasteiger partial charge in [-0.2, -0.15) is 13.2 Å². The molecule has 1 saturated heterocycles. The Kier molecular flexibility index (Phi) is 4.99. The summed E-state index contributed by atoms with van der Waals surface area (Å²) in [5.41, 5.74) is 7.24. The smallest absolute Gasteiger partial charge is 0.366 e. The minimum atomic E-state index is -4.83. The number of alkyl halides is 3. The molecule has 0 radical (unpaired) electrons. The molecule has 26 heavy (non-hydrogen) atoms. The van der Waals surface area contributed by atoms with Crippen molar-refractivity contribution in [2.45, 2.75) is 24.9 Å². The SMILES string of the molecule is NC(=O)c1cccc(-c2nc(C3CCN(C(=O)C(F)(F)F)CC3)cs2)c1. The Morgan fingerprint density at radius 3 is 2.54 bits per heavy atom. The third-order valence-corrected chi connectivity index (χ3v) is 5.27. The predicted molar refractivity (Wildman–Crippen MR) is 90.7 cm³/mol. The Balaban J connectivity index is 1.69. The molecule has 1 aliphatic rings. The molecule has 2 amide bonds. The molecule has 0 saturated carbocycles. The number of primary amides is 1. The number of carbonyl (C=O) groups is 2. The normalized spacial score (nSPS) is 15.9. The van der Waals surface area contributed by atoms with Gasteiger partial charge in [-0.15, -0.1) is 11.3 Å². The van der Waals surface area contributed by atoms with E-state index in [2.05, 4.69) is 4.98 Å². The Hall–Kier alpha value is -2.42. The quantitative estimate of drug-likeness (QED) is 0.884. The molecule has 0 atom stereocenters. The maximum Gasteiger partial charge on any atom is 0.471 e. The van der Waals surface area contributed by atoms with E-state index in [1.54, 1.807) is 18.2 Å². The molecule has 3 rings (SSSR count). The van der Waals surface area contributed by atoms with Gasteiger partial charge in [-0.1, -0.05) is 12.1 Å². The molecule has 0 aliphatic carbocycles. The van der Waals surface area contributed by atoms with Crippen molar-refractivity contribution >= 4 is 23.2 Å². The molecular formula is C17H16F3N3O2S. The van der Waals surface area contributed by atoms with Crippen LogP contribution in [0.25, 0.3) is 10.6 Å². The fourth-order valence-corrected chi connectivity index (χ4v) is 3.87. The van der Waals surface area contributed by atoms with Gasteiger partial charge in [-0.3, -0.25) is 9.59 Å². The molecule has 5 nitrogen and oxygen atoms in total. The number of carbonyl (C=O) groups excluding carboxylic acids is 2. The number of nitrogens with two attached hydrogens (primary N) is 1. The monoisotopic (exact) mass is 383 g/mol. The molecule has 2 heterocycles. The Morgan fingerprint density at radius 1 is 1.23 bits per heavy atom. The maximum atomic E-state index is 12.5. The molecule has 0 bridgehead atoms. The van der Waals surface area contributed by atoms with E-state index in [4.69, 9.17) is 5.73 Å². The van der Waals surface area contributed by atoms with Gasteiger partial charge >= 0.3 is 12.1 Å². The van der Waals surface area contributed by atoms with Gasteiger partial charge < -0.3 is 10.6 Å². The lowest BCUT2D eigenvalue weighted by Gasteiger charge is -2.31. The number of piperidine rings is 1. The third kappa shape index (κ3) is 3.87. The van der Waals surface area contributed by atoms with Crippen LogP contribution in [0.1, 0.15) is 34.8 Å². The summed E-state index contributed by atoms with van der Waals surface area (Å²) in [5, 5.41) is 2.59. The average Bonchev–Trinajstić information content (AvgIpc) is 3.10. The summed E-state index contributed by atoms with van der Waals surface area (Å²) >= 11 is 1.40. The van der Waals surface area contributed by atoms with Crippen molar-refractivity contribution < 1.29 is 22.8 Å². The van der Waals surface area contributed by atoms with Gasteiger partial charge in [-0.25, -0.2) is 4.98 Å². The molecule has 2 aromatic rings. The molecular weight excluding hydrogens is 367 g/mol. The highest BCUT2D eigenvalue weighted by molar-refractivity contribution is 7.13. The lowest BCUT2D eigenvalue weighted by atomic mass is 9.94. The van der Waals surface area contributed by atoms with E-state index in [0.29, 0.717) is 18.4 Å². The van der Waals surface area contributed by atoms with Crippen molar-refractivity contribution in [1.29, 1.82) is 0 Å². The second-order valence-corrected chi connectivity index (χ2v) is 6.94. The van der Waals surface area contributed by atoms with E-state index in [1.807, 2.05) is 11.4 Å². The summed E-state index contributed by atoms with van der Waals surface area (Å²) < 4.78 is 37.5. The van der Waals surface area contributed by atoms with Gasteiger partial charge in [0.1, 0.15) is 5.01 Å². The first-order valence-corrected chi connectivity index (χ1v) is 8.85. The van der Waals surface area contributed by atoms with Crippen LogP contribution in [-0.4, -0.2) is 41.0 Å². The first-order chi connectivity index (χ1) is 12.3. The van der Waals surface area contributed by atoms with Gasteiger partial charge in [0.15, 0.2) is 0 Å². The van der Waals surface area contributed by atoms with E-state index in [1.165, 1.54) is 11.3 Å². The molecule has 1 fully saturated rings. The Morgan fingerprint density at radius 2 is 1.92 bits per heavy atom. The molecule has 0 unspecified atom stereocenters. The van der Waals surface area contributed by atoms with Crippen molar-refractivity contribution in [3.05, 3.63) is 40.9 Å². The van der Waals surface area contributed by atoms with Crippen molar-refractivity contribution in [3.63, 3.8) is 0 Å². The molecule has 1 aromatic carbocycles. The fourth-order valence-electron chi connectivity index (χ4n) is 2.97. The second kappa shape index (κ2) is 7.06. The topological polar surface area (TPSA) is 76.3 Å². The molecule has 1 aromatic heterocycles. The number of halogens is 3. The predicted octanol–water partition coefficient (Wildman–Crippen LogP) is 3.18. The van der Waals surface area contributed by atoms with E-state index in [9.17, 15) is 22.8 Å². The van der Waals surface area contributed by atoms with Gasteiger partial charge in [-0.05, 0) is 25.0 Å². The van der Waals surface area contributed by atoms with Gasteiger partial charge in [0.25, 0.3) is 0 Å². The molecule has 9 heteroatoms. The van der Waals surface area contributed by atoms with Crippen LogP contribution in [0.15, 0.2) is 29.6 Å². The first kappa shape index (κ1) is 18.4. The number of hydrogen-bond donors (Lipinski definition) is 1. The number of nitrogens with zero attached hydrogens (tertiary/aromatic N) is 2. The van der Waals surface area contributed by atoms with E-state index >= 15 is 0 Å². The summed E-state index contributed by atoms with van der Waals surface area (Å²) in [6.07, 6.45) is -3.95. The first-order valence-electron chi connectivity index (χ1n) is 7.97. The number of thiazole rings is 1. The maximum absolute atomic E-state index is 12.5. The van der Waals surface area contributed by atoms with Crippen LogP contribution >= 0.6 is 11.3 Å². The van der Waals surface area contributed by atoms with Crippen LogP contribution in [0.5, 0.6) is 0 Å². The molecule has 2 N–H and O–H groups in total. The molecule has 138 valence electrons. The van der Waals surface area contributed by atoms with Crippen LogP contribution in [-0.2, 0) is 4.79 Å². The van der Waals surface area contributed by atoms with Crippen molar-refractivity contribution in [2.24, 2.45) is 5.73 Å². The standard InChI is InChI=1S/C17H16F3N3O2S/c18-17(19,20)16(25)23-6-4-10(5-7-23)13-9-26-15(22-13)12-3-1-2-11(8-12)14(21)24/h1-3,8-10H,4-7H2,(H2,21,24). The molecule has 0 spiro atoms. The lowest BCUT2D eigenvalue weighted by Crippen LogP contribution is -2.45. The highest BCUT2D eigenvalue weighted by Gasteiger charge is 2.43. The summed E-state index contributed by atoms with van der Waals surface area (Å²) in [6, 6.07) is 6.82. The van der Waals surface area contributed by atoms with E-state index < -0.39 is 18.0 Å². The van der Waals surface area contributed by atoms with Crippen LogP contribution in [0, 0.1) is 0 Å². The van der Waals surface area contributed by atoms with Crippen LogP contribution in [0.4, 0.5) is 13.2 Å². The van der Waals surface area contributed by atoms with Gasteiger partial charge in [0.05, 0.1) is 5.69 Å². The lowest BCUT2D eigenvalue weighted by molar-refractivity contribution is -0.186. The number of amides is 2. The zero-order valence-electron chi connectivity index (χ0n) is 13.6. The Bertz CT molecular complexity index is 827. The van der Waals surface area contributed by atoms with Gasteiger partial charge in [0, 0.05) is 35.5 Å². The fraction of sp³-hybridized carbons (Fsp3) is 0.353. The summed E-state index contributed by atoms with van der Waals surface area (Å²) in [5.74, 6) is -2.29. The zero-order valence-corrected chi connectivity index (χ0v) is 14.4. The average molecular weight is 383 g/mol. The van der Waals surface area contributed by atoms with Crippen molar-refractivity contribution in [1.82, 2.24) is 9.88 Å². The summed E-state index contributed by atoms with van der Waals surface area (Å²) in [4.78, 5) is 28.0. The largest absolute Gasteiger partial charge is 0.471 e. The van der Waals surface area contributed by atoms with Crippen LogP contribution in [0.3, 0.4) is 0 Å². The number of hydrogen-bond acceptors (Lipinski definition) is 4. The Labute approximate surface area is 151 Å². The second-order valence-electron chi connectivity index (χ2n) is 6.09. The highest BCUT2D eigenvalue weighted by atomic mass is 32.1. The number of likely N-dealkylation sites (tertiary alicyclic amines) is 1. The number of rotatable bonds is 3. The van der Waals surface area contributed by atoms with E-state index in [0.717, 1.165) is 21.2 Å². The van der Waals surface area contributed by atoms with E-state index in [-0.39, 0.29) is 19.0 Å². The summed E-state index contributed by atoms with van der Waals surface area (Å²) in [7, 11) is 0. The highest BCUT2D eigenvalue weighted by Crippen LogP contribution is 2.33. The van der Waals surface area contributed by atoms with Crippen LogP contribution < -0.4 is 5.73 Å². The number of aromatic nitrogens is 1. The molecule has 1 aliphatic heterocycles. The summed E-state index contributed by atoms with van der Waals surface area (Å²) in [6.45, 7) is 0.125. The van der Waals surface area contributed by atoms with Crippen molar-refractivity contribution in [3.8, 4) is 10.6 Å². The minimum Gasteiger partial charge on any atom is -0.366 e.